The second-order valence-electron chi connectivity index (χ2n) is 23.3. The van der Waals surface area contributed by atoms with Crippen molar-refractivity contribution < 1.29 is 0 Å². The first-order valence-electron chi connectivity index (χ1n) is 27.4. The third-order valence-corrected chi connectivity index (χ3v) is 16.6. The molecule has 4 aromatic heterocycles. The van der Waals surface area contributed by atoms with Crippen LogP contribution in [0.15, 0.2) is 243 Å². The summed E-state index contributed by atoms with van der Waals surface area (Å²) in [4.78, 5) is 5.01. The summed E-state index contributed by atoms with van der Waals surface area (Å²) in [6, 6.07) is 90.3. The molecule has 0 bridgehead atoms. The molecule has 0 aliphatic carbocycles. The van der Waals surface area contributed by atoms with Crippen molar-refractivity contribution in [2.75, 3.05) is 9.80 Å². The molecule has 78 heavy (non-hydrogen) atoms. The van der Waals surface area contributed by atoms with Gasteiger partial charge in [-0.1, -0.05) is 211 Å². The van der Waals surface area contributed by atoms with Gasteiger partial charge in [-0.25, -0.2) is 0 Å². The predicted molar refractivity (Wildman–Crippen MR) is 333 cm³/mol. The summed E-state index contributed by atoms with van der Waals surface area (Å²) in [6.07, 6.45) is 0. The lowest BCUT2D eigenvalue weighted by Crippen LogP contribution is -2.15. The van der Waals surface area contributed by atoms with E-state index >= 15 is 0 Å². The summed E-state index contributed by atoms with van der Waals surface area (Å²) < 4.78 is 5.12. The van der Waals surface area contributed by atoms with E-state index in [1.807, 2.05) is 0 Å². The third-order valence-electron chi connectivity index (χ3n) is 16.6. The van der Waals surface area contributed by atoms with Crippen molar-refractivity contribution in [2.45, 2.75) is 52.4 Å². The van der Waals surface area contributed by atoms with Gasteiger partial charge in [0.1, 0.15) is 0 Å². The number of fused-ring (bicyclic) bond motifs is 12. The van der Waals surface area contributed by atoms with Gasteiger partial charge in [0.15, 0.2) is 0 Å². The number of para-hydroxylation sites is 6. The fraction of sp³-hybridized carbons (Fsp3) is 0.108. The Morgan fingerprint density at radius 1 is 0.269 bits per heavy atom. The molecular formula is C74H58N4. The molecule has 0 aliphatic rings. The van der Waals surface area contributed by atoms with E-state index < -0.39 is 0 Å². The Morgan fingerprint density at radius 2 is 0.615 bits per heavy atom. The topological polar surface area (TPSA) is 15.3 Å². The molecule has 0 spiro atoms. The van der Waals surface area contributed by atoms with E-state index in [1.165, 1.54) is 110 Å². The van der Waals surface area contributed by atoms with Crippen LogP contribution in [-0.4, -0.2) is 8.80 Å². The fourth-order valence-corrected chi connectivity index (χ4v) is 13.4. The summed E-state index contributed by atoms with van der Waals surface area (Å²) in [5.41, 5.74) is 21.6. The van der Waals surface area contributed by atoms with Crippen LogP contribution in [0.3, 0.4) is 0 Å². The Balaban J connectivity index is 0.997. The van der Waals surface area contributed by atoms with Gasteiger partial charge in [0.05, 0.1) is 55.8 Å². The smallest absolute Gasteiger partial charge is 0.0641 e. The zero-order valence-corrected chi connectivity index (χ0v) is 44.9. The number of anilines is 6. The van der Waals surface area contributed by atoms with Crippen molar-refractivity contribution in [3.8, 4) is 22.3 Å². The largest absolute Gasteiger partial charge is 0.309 e. The van der Waals surface area contributed by atoms with Gasteiger partial charge in [0.25, 0.3) is 0 Å². The molecule has 11 aromatic carbocycles. The van der Waals surface area contributed by atoms with Crippen LogP contribution in [-0.2, 0) is 10.8 Å². The molecule has 0 atom stereocenters. The maximum absolute atomic E-state index is 2.56. The van der Waals surface area contributed by atoms with E-state index in [2.05, 4.69) is 303 Å². The van der Waals surface area contributed by atoms with Gasteiger partial charge in [-0.2, -0.15) is 0 Å². The molecule has 0 aliphatic heterocycles. The van der Waals surface area contributed by atoms with Crippen LogP contribution < -0.4 is 9.80 Å². The molecule has 0 fully saturated rings. The summed E-state index contributed by atoms with van der Waals surface area (Å²) in [5.74, 6) is 0. The number of hydrogen-bond donors (Lipinski definition) is 0. The van der Waals surface area contributed by atoms with Gasteiger partial charge >= 0.3 is 0 Å². The highest BCUT2D eigenvalue weighted by molar-refractivity contribution is 6.32. The molecule has 0 saturated carbocycles. The van der Waals surface area contributed by atoms with Crippen molar-refractivity contribution in [2.24, 2.45) is 0 Å². The zero-order chi connectivity index (χ0) is 52.6. The molecular weight excluding hydrogens is 945 g/mol. The van der Waals surface area contributed by atoms with E-state index in [4.69, 9.17) is 0 Å². The van der Waals surface area contributed by atoms with E-state index in [9.17, 15) is 0 Å². The maximum atomic E-state index is 2.56. The molecule has 374 valence electrons. The molecule has 15 rings (SSSR count). The Kier molecular flexibility index (Phi) is 10.1. The first-order valence-corrected chi connectivity index (χ1v) is 27.4. The number of nitrogens with zero attached hydrogens (tertiary/aromatic N) is 4. The predicted octanol–water partition coefficient (Wildman–Crippen LogP) is 20.9. The van der Waals surface area contributed by atoms with Crippen LogP contribution in [0.4, 0.5) is 34.1 Å². The van der Waals surface area contributed by atoms with Crippen molar-refractivity contribution in [3.05, 3.63) is 254 Å². The molecule has 4 heterocycles. The quantitative estimate of drug-likeness (QED) is 0.151. The average Bonchev–Trinajstić information content (AvgIpc) is 3.82. The first-order chi connectivity index (χ1) is 38.0. The minimum Gasteiger partial charge on any atom is -0.309 e. The SMILES string of the molecule is CC(C)(C)c1ccccc1-c1ccccc1N(c1ccccc1)c1ccc2c3cc4c(cc3n3c5ccccc5c1c23)c1ccc(N(c2ccccc2)c2ccccc2-c2ccccc2C(C)(C)C)c2c3ccccc3n4c12. The van der Waals surface area contributed by atoms with Crippen LogP contribution in [0.2, 0.25) is 0 Å². The van der Waals surface area contributed by atoms with Crippen LogP contribution in [0.1, 0.15) is 52.7 Å². The van der Waals surface area contributed by atoms with Gasteiger partial charge in [-0.05, 0) is 106 Å². The number of aromatic nitrogens is 2. The first kappa shape index (κ1) is 46.0. The average molecular weight is 1000 g/mol. The Bertz CT molecular complexity index is 4510. The van der Waals surface area contributed by atoms with Crippen molar-refractivity contribution in [3.63, 3.8) is 0 Å². The van der Waals surface area contributed by atoms with E-state index in [0.29, 0.717) is 0 Å². The van der Waals surface area contributed by atoms with Crippen LogP contribution >= 0.6 is 0 Å². The molecule has 0 unspecified atom stereocenters. The second-order valence-corrected chi connectivity index (χ2v) is 23.3. The third kappa shape index (κ3) is 6.72. The standard InChI is InChI=1S/C74H58N4/c1-73(2,3)59-35-19-13-29-49(59)51-31-15-21-37-61(51)75(47-25-9-7-10-26-47)65-43-41-53-57-45-68-58(46-67(57)77-63-39-23-17-33-55(63)69(65)71(53)77)54-42-44-66(70-56-34-18-24-40-64(56)78(68)72(54)70)76(48-27-11-8-12-28-48)62-38-22-16-32-52(62)50-30-14-20-36-60(50)74(4,5)6/h7-46H,1-6H3. The Morgan fingerprint density at radius 3 is 1.03 bits per heavy atom. The molecule has 4 nitrogen and oxygen atoms in total. The van der Waals surface area contributed by atoms with Crippen molar-refractivity contribution in [1.82, 2.24) is 8.80 Å². The van der Waals surface area contributed by atoms with Gasteiger partial charge in [0, 0.05) is 65.6 Å². The maximum Gasteiger partial charge on any atom is 0.0641 e. The summed E-state index contributed by atoms with van der Waals surface area (Å²) in [7, 11) is 0. The molecule has 15 aromatic rings. The van der Waals surface area contributed by atoms with Gasteiger partial charge in [0.2, 0.25) is 0 Å². The summed E-state index contributed by atoms with van der Waals surface area (Å²) in [5, 5.41) is 9.93. The monoisotopic (exact) mass is 1000 g/mol. The molecule has 0 N–H and O–H groups in total. The number of benzene rings is 11. The highest BCUT2D eigenvalue weighted by atomic mass is 15.2. The normalized spacial score (nSPS) is 12.5. The lowest BCUT2D eigenvalue weighted by molar-refractivity contribution is 0.591. The minimum atomic E-state index is -0.0516. The van der Waals surface area contributed by atoms with Crippen LogP contribution in [0, 0.1) is 0 Å². The van der Waals surface area contributed by atoms with Crippen molar-refractivity contribution >= 4 is 110 Å². The Hall–Kier alpha value is -9.38. The summed E-state index contributed by atoms with van der Waals surface area (Å²) >= 11 is 0. The summed E-state index contributed by atoms with van der Waals surface area (Å²) in [6.45, 7) is 13.9. The highest BCUT2D eigenvalue weighted by Crippen LogP contribution is 2.53. The van der Waals surface area contributed by atoms with Crippen LogP contribution in [0.25, 0.3) is 98.4 Å². The molecule has 4 heteroatoms. The van der Waals surface area contributed by atoms with Gasteiger partial charge in [-0.15, -0.1) is 0 Å². The van der Waals surface area contributed by atoms with Gasteiger partial charge in [-0.3, -0.25) is 0 Å². The second kappa shape index (κ2) is 17.1. The van der Waals surface area contributed by atoms with Crippen molar-refractivity contribution in [1.29, 1.82) is 0 Å². The molecule has 0 saturated heterocycles. The minimum absolute atomic E-state index is 0.0516. The zero-order valence-electron chi connectivity index (χ0n) is 44.9. The highest BCUT2D eigenvalue weighted by Gasteiger charge is 2.30. The lowest BCUT2D eigenvalue weighted by Gasteiger charge is -2.30. The number of rotatable bonds is 8. The fourth-order valence-electron chi connectivity index (χ4n) is 13.4. The van der Waals surface area contributed by atoms with E-state index in [0.717, 1.165) is 34.1 Å². The van der Waals surface area contributed by atoms with E-state index in [1.54, 1.807) is 0 Å². The lowest BCUT2D eigenvalue weighted by atomic mass is 9.81. The number of hydrogen-bond acceptors (Lipinski definition) is 2. The molecule has 0 amide bonds. The molecule has 0 radical (unpaired) electrons. The van der Waals surface area contributed by atoms with E-state index in [-0.39, 0.29) is 10.8 Å². The van der Waals surface area contributed by atoms with Crippen LogP contribution in [0.5, 0.6) is 0 Å². The van der Waals surface area contributed by atoms with Gasteiger partial charge < -0.3 is 18.6 Å². The Labute approximate surface area is 454 Å².